The maximum atomic E-state index is 15.3. The highest BCUT2D eigenvalue weighted by molar-refractivity contribution is 5.96. The van der Waals surface area contributed by atoms with Crippen molar-refractivity contribution >= 4 is 27.6 Å². The van der Waals surface area contributed by atoms with Gasteiger partial charge < -0.3 is 15.4 Å². The number of H-pyrrole nitrogens is 2. The molecule has 39 heavy (non-hydrogen) atoms. The van der Waals surface area contributed by atoms with Crippen molar-refractivity contribution in [1.29, 1.82) is 0 Å². The van der Waals surface area contributed by atoms with Gasteiger partial charge in [-0.15, -0.1) is 0 Å². The Kier molecular flexibility index (Phi) is 5.58. The number of aromatic nitrogens is 8. The first-order valence-electron chi connectivity index (χ1n) is 13.0. The molecule has 196 valence electrons. The van der Waals surface area contributed by atoms with Crippen molar-refractivity contribution in [3.63, 3.8) is 0 Å². The van der Waals surface area contributed by atoms with Gasteiger partial charge in [-0.3, -0.25) is 14.6 Å². The van der Waals surface area contributed by atoms with Gasteiger partial charge in [0.05, 0.1) is 23.1 Å². The number of imidazole rings is 2. The molecular weight excluding hydrogens is 497 g/mol. The molecular formula is C28H26FN9O. The maximum Gasteiger partial charge on any atom is 0.166 e. The zero-order valence-corrected chi connectivity index (χ0v) is 21.2. The molecule has 1 atom stereocenters. The van der Waals surface area contributed by atoms with Crippen LogP contribution in [0.15, 0.2) is 55.4 Å². The summed E-state index contributed by atoms with van der Waals surface area (Å²) in [7, 11) is 0. The molecule has 11 heteroatoms. The molecule has 0 aliphatic heterocycles. The lowest BCUT2D eigenvalue weighted by molar-refractivity contribution is 0.137. The van der Waals surface area contributed by atoms with Crippen LogP contribution in [0.1, 0.15) is 31.4 Å². The number of aryl methyl sites for hydroxylation is 1. The summed E-state index contributed by atoms with van der Waals surface area (Å²) in [5.74, 6) is 0.930. The minimum absolute atomic E-state index is 0.219. The van der Waals surface area contributed by atoms with Gasteiger partial charge in [0.1, 0.15) is 29.3 Å². The van der Waals surface area contributed by atoms with Crippen LogP contribution in [0.25, 0.3) is 50.4 Å². The summed E-state index contributed by atoms with van der Waals surface area (Å²) in [5, 5.41) is 21.5. The van der Waals surface area contributed by atoms with Crippen molar-refractivity contribution in [3.05, 3.63) is 66.9 Å². The summed E-state index contributed by atoms with van der Waals surface area (Å²) in [4.78, 5) is 21.2. The van der Waals surface area contributed by atoms with Gasteiger partial charge >= 0.3 is 0 Å². The van der Waals surface area contributed by atoms with E-state index < -0.39 is 12.0 Å². The minimum atomic E-state index is -0.636. The lowest BCUT2D eigenvalue weighted by Crippen LogP contribution is -2.26. The van der Waals surface area contributed by atoms with E-state index >= 15 is 4.39 Å². The van der Waals surface area contributed by atoms with Gasteiger partial charge in [-0.25, -0.2) is 19.3 Å². The third-order valence-corrected chi connectivity index (χ3v) is 7.42. The summed E-state index contributed by atoms with van der Waals surface area (Å²) >= 11 is 0. The summed E-state index contributed by atoms with van der Waals surface area (Å²) < 4.78 is 17.1. The average Bonchev–Trinajstić information content (AvgIpc) is 3.74. The van der Waals surface area contributed by atoms with Crippen molar-refractivity contribution < 1.29 is 9.50 Å². The number of aliphatic hydroxyl groups excluding tert-OH is 1. The second-order valence-electron chi connectivity index (χ2n) is 10.1. The second kappa shape index (κ2) is 9.28. The fraction of sp³-hybridized carbons (Fsp3) is 0.250. The van der Waals surface area contributed by atoms with Crippen molar-refractivity contribution in [1.82, 2.24) is 39.7 Å². The highest BCUT2D eigenvalue weighted by Gasteiger charge is 2.23. The summed E-state index contributed by atoms with van der Waals surface area (Å²) in [6.45, 7) is 1.91. The first-order chi connectivity index (χ1) is 19.0. The van der Waals surface area contributed by atoms with E-state index in [4.69, 9.17) is 4.98 Å². The van der Waals surface area contributed by atoms with Crippen LogP contribution in [-0.4, -0.2) is 51.0 Å². The molecule has 4 N–H and O–H groups in total. The Bertz CT molecular complexity index is 1810. The van der Waals surface area contributed by atoms with E-state index in [9.17, 15) is 5.11 Å². The Labute approximate surface area is 222 Å². The molecule has 1 aliphatic carbocycles. The molecule has 1 saturated carbocycles. The molecule has 0 amide bonds. The first-order valence-corrected chi connectivity index (χ1v) is 13.0. The van der Waals surface area contributed by atoms with Crippen LogP contribution in [0.3, 0.4) is 0 Å². The van der Waals surface area contributed by atoms with Crippen LogP contribution in [-0.2, 0) is 0 Å². The number of anilines is 1. The standard InChI is InChI=1S/C28H26FN9O/c1-15-13-38(14-32-15)27-25-22(6-7-31-27)34-26(35-25)24-20-9-17(10-21(29)23(20)36-37-24)18-8-19(12-30-11-18)33-28(39)16-4-2-3-5-16/h6-14,16,28,33,39H,2-5H2,1H3,(H,34,35)(H,36,37). The Balaban J connectivity index is 1.27. The van der Waals surface area contributed by atoms with E-state index in [1.165, 1.54) is 6.07 Å². The zero-order chi connectivity index (χ0) is 26.5. The molecule has 0 saturated heterocycles. The molecule has 5 aromatic heterocycles. The van der Waals surface area contributed by atoms with Crippen LogP contribution in [0, 0.1) is 18.7 Å². The number of benzene rings is 1. The van der Waals surface area contributed by atoms with Crippen molar-refractivity contribution in [2.45, 2.75) is 38.8 Å². The predicted octanol–water partition coefficient (Wildman–Crippen LogP) is 5.12. The quantitative estimate of drug-likeness (QED) is 0.223. The van der Waals surface area contributed by atoms with Crippen LogP contribution >= 0.6 is 0 Å². The molecule has 1 aliphatic rings. The summed E-state index contributed by atoms with van der Waals surface area (Å²) in [6.07, 6.45) is 12.3. The van der Waals surface area contributed by atoms with E-state index in [-0.39, 0.29) is 11.4 Å². The third-order valence-electron chi connectivity index (χ3n) is 7.42. The van der Waals surface area contributed by atoms with E-state index in [0.717, 1.165) is 42.5 Å². The number of aromatic amines is 2. The number of nitrogens with zero attached hydrogens (tertiary/aromatic N) is 6. The van der Waals surface area contributed by atoms with E-state index in [0.29, 0.717) is 39.5 Å². The normalized spacial score (nSPS) is 14.9. The number of rotatable bonds is 6. The molecule has 7 rings (SSSR count). The van der Waals surface area contributed by atoms with Gasteiger partial charge in [-0.1, -0.05) is 12.8 Å². The molecule has 6 aromatic rings. The Morgan fingerprint density at radius 2 is 1.97 bits per heavy atom. The maximum absolute atomic E-state index is 15.3. The Morgan fingerprint density at radius 1 is 1.10 bits per heavy atom. The highest BCUT2D eigenvalue weighted by atomic mass is 19.1. The number of halogens is 1. The van der Waals surface area contributed by atoms with Crippen molar-refractivity contribution in [2.24, 2.45) is 5.92 Å². The molecule has 0 radical (unpaired) electrons. The monoisotopic (exact) mass is 523 g/mol. The lowest BCUT2D eigenvalue weighted by Gasteiger charge is -2.20. The van der Waals surface area contributed by atoms with Crippen molar-refractivity contribution in [3.8, 4) is 28.5 Å². The van der Waals surface area contributed by atoms with Gasteiger partial charge in [-0.05, 0) is 49.6 Å². The second-order valence-corrected chi connectivity index (χ2v) is 10.1. The van der Waals surface area contributed by atoms with Crippen molar-refractivity contribution in [2.75, 3.05) is 5.32 Å². The number of nitrogens with one attached hydrogen (secondary N) is 3. The molecule has 1 unspecified atom stereocenters. The number of pyridine rings is 2. The first kappa shape index (κ1) is 23.5. The molecule has 10 nitrogen and oxygen atoms in total. The fourth-order valence-electron chi connectivity index (χ4n) is 5.43. The largest absolute Gasteiger partial charge is 0.374 e. The van der Waals surface area contributed by atoms with Gasteiger partial charge in [0.2, 0.25) is 0 Å². The van der Waals surface area contributed by atoms with Gasteiger partial charge in [-0.2, -0.15) is 5.10 Å². The van der Waals surface area contributed by atoms with Crippen LogP contribution in [0.2, 0.25) is 0 Å². The van der Waals surface area contributed by atoms with Gasteiger partial charge in [0, 0.05) is 35.5 Å². The average molecular weight is 524 g/mol. The number of aliphatic hydroxyl groups is 1. The third kappa shape index (κ3) is 4.20. The highest BCUT2D eigenvalue weighted by Crippen LogP contribution is 2.34. The summed E-state index contributed by atoms with van der Waals surface area (Å²) in [6, 6.07) is 7.03. The smallest absolute Gasteiger partial charge is 0.166 e. The van der Waals surface area contributed by atoms with Crippen LogP contribution in [0.4, 0.5) is 10.1 Å². The number of fused-ring (bicyclic) bond motifs is 2. The topological polar surface area (TPSA) is 133 Å². The molecule has 0 spiro atoms. The predicted molar refractivity (Wildman–Crippen MR) is 146 cm³/mol. The number of hydrogen-bond donors (Lipinski definition) is 4. The van der Waals surface area contributed by atoms with Gasteiger partial charge in [0.15, 0.2) is 17.5 Å². The molecule has 1 aromatic carbocycles. The van der Waals surface area contributed by atoms with Crippen LogP contribution < -0.4 is 5.32 Å². The van der Waals surface area contributed by atoms with E-state index in [2.05, 4.69) is 35.5 Å². The van der Waals surface area contributed by atoms with E-state index in [1.54, 1.807) is 24.9 Å². The van der Waals surface area contributed by atoms with Gasteiger partial charge in [0.25, 0.3) is 0 Å². The Hall–Kier alpha value is -4.64. The molecule has 1 fully saturated rings. The molecule has 0 bridgehead atoms. The van der Waals surface area contributed by atoms with Crippen LogP contribution in [0.5, 0.6) is 0 Å². The number of hydrogen-bond acceptors (Lipinski definition) is 7. The zero-order valence-electron chi connectivity index (χ0n) is 21.2. The molecule has 5 heterocycles. The fourth-order valence-corrected chi connectivity index (χ4v) is 5.43. The lowest BCUT2D eigenvalue weighted by atomic mass is 10.0. The SMILES string of the molecule is Cc1cn(-c2nccc3[nH]c(-c4[nH]nc5c(F)cc(-c6cncc(NC(O)C7CCCC7)c6)cc45)nc23)cn1. The Morgan fingerprint density at radius 3 is 2.79 bits per heavy atom. The van der Waals surface area contributed by atoms with E-state index in [1.807, 2.05) is 35.9 Å². The summed E-state index contributed by atoms with van der Waals surface area (Å²) in [5.41, 5.74) is 5.14. The minimum Gasteiger partial charge on any atom is -0.374 e.